The molecule has 4 N–H and O–H groups in total. The fourth-order valence-electron chi connectivity index (χ4n) is 2.76. The van der Waals surface area contributed by atoms with Crippen LogP contribution in [0.15, 0.2) is 72.1 Å². The second kappa shape index (κ2) is 8.68. The van der Waals surface area contributed by atoms with Gasteiger partial charge in [-0.15, -0.1) is 11.3 Å². The Morgan fingerprint density at radius 2 is 1.52 bits per heavy atom. The van der Waals surface area contributed by atoms with Crippen LogP contribution >= 0.6 is 11.3 Å². The van der Waals surface area contributed by atoms with E-state index in [9.17, 15) is 19.5 Å². The molecule has 0 aliphatic rings. The molecule has 1 heterocycles. The number of benzene rings is 2. The molecule has 0 spiro atoms. The van der Waals surface area contributed by atoms with Crippen molar-refractivity contribution < 1.29 is 24.2 Å². The fraction of sp³-hybridized carbons (Fsp3) is 0.0952. The molecule has 3 rings (SSSR count). The number of aliphatic hydroxyl groups is 1. The summed E-state index contributed by atoms with van der Waals surface area (Å²) >= 11 is 1.12. The molecule has 2 aromatic carbocycles. The minimum absolute atomic E-state index is 0.166. The Labute approximate surface area is 170 Å². The van der Waals surface area contributed by atoms with Crippen molar-refractivity contribution in [3.05, 3.63) is 88.8 Å². The SMILES string of the molecule is NC(=O)c1ccsc1NC(=O)COC(=O)C(O)(c1ccccc1)c1ccccc1. The monoisotopic (exact) mass is 410 g/mol. The maximum Gasteiger partial charge on any atom is 0.348 e. The highest BCUT2D eigenvalue weighted by Gasteiger charge is 2.41. The van der Waals surface area contributed by atoms with Gasteiger partial charge in [-0.2, -0.15) is 0 Å². The van der Waals surface area contributed by atoms with E-state index < -0.39 is 30.0 Å². The first-order valence-electron chi connectivity index (χ1n) is 8.60. The number of nitrogens with one attached hydrogen (secondary N) is 1. The lowest BCUT2D eigenvalue weighted by Crippen LogP contribution is -2.39. The Morgan fingerprint density at radius 1 is 0.966 bits per heavy atom. The molecule has 0 unspecified atom stereocenters. The van der Waals surface area contributed by atoms with E-state index in [4.69, 9.17) is 10.5 Å². The van der Waals surface area contributed by atoms with Crippen LogP contribution in [0, 0.1) is 0 Å². The van der Waals surface area contributed by atoms with Gasteiger partial charge in [0, 0.05) is 0 Å². The van der Waals surface area contributed by atoms with Gasteiger partial charge in [0.2, 0.25) is 5.60 Å². The summed E-state index contributed by atoms with van der Waals surface area (Å²) in [5, 5.41) is 15.6. The second-order valence-corrected chi connectivity index (χ2v) is 7.01. The smallest absolute Gasteiger partial charge is 0.348 e. The highest BCUT2D eigenvalue weighted by molar-refractivity contribution is 7.14. The lowest BCUT2D eigenvalue weighted by atomic mass is 9.86. The van der Waals surface area contributed by atoms with Crippen LogP contribution in [0.4, 0.5) is 5.00 Å². The van der Waals surface area contributed by atoms with Gasteiger partial charge in [-0.25, -0.2) is 4.79 Å². The average Bonchev–Trinajstić information content (AvgIpc) is 3.21. The van der Waals surface area contributed by atoms with Crippen LogP contribution in [0.1, 0.15) is 21.5 Å². The number of hydrogen-bond donors (Lipinski definition) is 3. The maximum absolute atomic E-state index is 12.8. The minimum atomic E-state index is -2.08. The van der Waals surface area contributed by atoms with Crippen molar-refractivity contribution in [2.75, 3.05) is 11.9 Å². The number of ether oxygens (including phenoxy) is 1. The van der Waals surface area contributed by atoms with Crippen molar-refractivity contribution in [2.24, 2.45) is 5.73 Å². The van der Waals surface area contributed by atoms with Crippen molar-refractivity contribution in [1.82, 2.24) is 0 Å². The minimum Gasteiger partial charge on any atom is -0.453 e. The van der Waals surface area contributed by atoms with Crippen molar-refractivity contribution >= 4 is 34.1 Å². The molecule has 2 amide bonds. The topological polar surface area (TPSA) is 119 Å². The lowest BCUT2D eigenvalue weighted by Gasteiger charge is -2.26. The van der Waals surface area contributed by atoms with Crippen LogP contribution in [0.3, 0.4) is 0 Å². The zero-order valence-electron chi connectivity index (χ0n) is 15.2. The van der Waals surface area contributed by atoms with Crippen molar-refractivity contribution in [1.29, 1.82) is 0 Å². The molecule has 0 aliphatic carbocycles. The summed E-state index contributed by atoms with van der Waals surface area (Å²) in [5.74, 6) is -2.33. The van der Waals surface area contributed by atoms with Gasteiger partial charge in [0.25, 0.3) is 11.8 Å². The van der Waals surface area contributed by atoms with E-state index in [0.717, 1.165) is 11.3 Å². The molecule has 0 aliphatic heterocycles. The number of carbonyl (C=O) groups excluding carboxylic acids is 3. The number of carbonyl (C=O) groups is 3. The van der Waals surface area contributed by atoms with Gasteiger partial charge in [-0.3, -0.25) is 9.59 Å². The third-order valence-corrected chi connectivity index (χ3v) is 5.03. The van der Waals surface area contributed by atoms with E-state index in [0.29, 0.717) is 11.1 Å². The van der Waals surface area contributed by atoms with Crippen LogP contribution in [0.25, 0.3) is 0 Å². The van der Waals surface area contributed by atoms with Gasteiger partial charge in [0.05, 0.1) is 5.56 Å². The number of rotatable bonds is 7. The molecule has 1 aromatic heterocycles. The number of esters is 1. The van der Waals surface area contributed by atoms with Gasteiger partial charge in [0.1, 0.15) is 5.00 Å². The van der Waals surface area contributed by atoms with E-state index in [1.807, 2.05) is 0 Å². The van der Waals surface area contributed by atoms with Crippen LogP contribution < -0.4 is 11.1 Å². The predicted molar refractivity (Wildman–Crippen MR) is 108 cm³/mol. The Kier molecular flexibility index (Phi) is 6.06. The number of anilines is 1. The number of nitrogens with two attached hydrogens (primary N) is 1. The Balaban J connectivity index is 1.77. The summed E-state index contributed by atoms with van der Waals surface area (Å²) in [5.41, 5.74) is 3.95. The molecule has 148 valence electrons. The molecule has 8 heteroatoms. The molecule has 0 bridgehead atoms. The summed E-state index contributed by atoms with van der Waals surface area (Å²) in [6.45, 7) is -0.642. The van der Waals surface area contributed by atoms with E-state index in [1.54, 1.807) is 66.0 Å². The van der Waals surface area contributed by atoms with Crippen molar-refractivity contribution in [3.8, 4) is 0 Å². The van der Waals surface area contributed by atoms with Crippen LogP contribution in [0.5, 0.6) is 0 Å². The first-order chi connectivity index (χ1) is 13.9. The maximum atomic E-state index is 12.8. The Morgan fingerprint density at radius 3 is 2.03 bits per heavy atom. The van der Waals surface area contributed by atoms with E-state index in [1.165, 1.54) is 6.07 Å². The van der Waals surface area contributed by atoms with Gasteiger partial charge < -0.3 is 20.9 Å². The number of thiophene rings is 1. The predicted octanol–water partition coefficient (Wildman–Crippen LogP) is 2.26. The zero-order chi connectivity index (χ0) is 20.9. The molecule has 0 atom stereocenters. The molecule has 0 radical (unpaired) electrons. The van der Waals surface area contributed by atoms with Gasteiger partial charge >= 0.3 is 5.97 Å². The average molecular weight is 410 g/mol. The summed E-state index contributed by atoms with van der Waals surface area (Å²) in [6.07, 6.45) is 0. The lowest BCUT2D eigenvalue weighted by molar-refractivity contribution is -0.163. The molecular weight excluding hydrogens is 392 g/mol. The first-order valence-corrected chi connectivity index (χ1v) is 9.48. The van der Waals surface area contributed by atoms with E-state index in [2.05, 4.69) is 5.32 Å². The number of hydrogen-bond acceptors (Lipinski definition) is 6. The second-order valence-electron chi connectivity index (χ2n) is 6.09. The number of amides is 2. The first kappa shape index (κ1) is 20.2. The van der Waals surface area contributed by atoms with Crippen LogP contribution in [0.2, 0.25) is 0 Å². The number of primary amides is 1. The van der Waals surface area contributed by atoms with Crippen molar-refractivity contribution in [2.45, 2.75) is 5.60 Å². The standard InChI is InChI=1S/C21H18N2O5S/c22-18(25)16-11-12-29-19(16)23-17(24)13-28-20(26)21(27,14-7-3-1-4-8-14)15-9-5-2-6-10-15/h1-12,27H,13H2,(H2,22,25)(H,23,24). The molecule has 29 heavy (non-hydrogen) atoms. The summed E-state index contributed by atoms with van der Waals surface area (Å²) < 4.78 is 5.11. The van der Waals surface area contributed by atoms with Crippen LogP contribution in [-0.4, -0.2) is 29.5 Å². The normalized spacial score (nSPS) is 10.9. The Hall–Kier alpha value is -3.49. The highest BCUT2D eigenvalue weighted by atomic mass is 32.1. The fourth-order valence-corrected chi connectivity index (χ4v) is 3.57. The molecule has 0 fully saturated rings. The quantitative estimate of drug-likeness (QED) is 0.516. The van der Waals surface area contributed by atoms with Crippen molar-refractivity contribution in [3.63, 3.8) is 0 Å². The molecular formula is C21H18N2O5S. The van der Waals surface area contributed by atoms with Crippen LogP contribution in [-0.2, 0) is 19.9 Å². The van der Waals surface area contributed by atoms with Gasteiger partial charge in [-0.1, -0.05) is 60.7 Å². The molecule has 0 saturated carbocycles. The summed E-state index contributed by atoms with van der Waals surface area (Å²) in [7, 11) is 0. The molecule has 7 nitrogen and oxygen atoms in total. The summed E-state index contributed by atoms with van der Waals surface area (Å²) in [6, 6.07) is 18.1. The highest BCUT2D eigenvalue weighted by Crippen LogP contribution is 2.31. The third kappa shape index (κ3) is 4.34. The third-order valence-electron chi connectivity index (χ3n) is 4.20. The largest absolute Gasteiger partial charge is 0.453 e. The molecule has 3 aromatic rings. The zero-order valence-corrected chi connectivity index (χ0v) is 16.0. The summed E-state index contributed by atoms with van der Waals surface area (Å²) in [4.78, 5) is 36.3. The Bertz CT molecular complexity index is 978. The molecule has 0 saturated heterocycles. The van der Waals surface area contributed by atoms with E-state index >= 15 is 0 Å². The van der Waals surface area contributed by atoms with Gasteiger partial charge in [0.15, 0.2) is 6.61 Å². The van der Waals surface area contributed by atoms with E-state index in [-0.39, 0.29) is 10.6 Å². The van der Waals surface area contributed by atoms with Gasteiger partial charge in [-0.05, 0) is 22.6 Å².